The number of halogens is 1. The van der Waals surface area contributed by atoms with Crippen molar-refractivity contribution in [3.8, 4) is 0 Å². The van der Waals surface area contributed by atoms with Crippen molar-refractivity contribution in [1.29, 1.82) is 0 Å². The van der Waals surface area contributed by atoms with Gasteiger partial charge in [0.1, 0.15) is 11.9 Å². The Morgan fingerprint density at radius 2 is 2.21 bits per heavy atom. The van der Waals surface area contributed by atoms with Crippen molar-refractivity contribution < 1.29 is 18.7 Å². The molecule has 0 aromatic heterocycles. The van der Waals surface area contributed by atoms with E-state index in [0.29, 0.717) is 24.1 Å². The number of nitroso groups, excluding NO2 is 1. The lowest BCUT2D eigenvalue weighted by Gasteiger charge is -2.31. The molecule has 2 aliphatic rings. The Balaban J connectivity index is 1.67. The average molecular weight is 335 g/mol. The van der Waals surface area contributed by atoms with Crippen molar-refractivity contribution in [3.05, 3.63) is 34.5 Å². The van der Waals surface area contributed by atoms with E-state index in [1.54, 1.807) is 12.1 Å². The van der Waals surface area contributed by atoms with E-state index < -0.39 is 18.0 Å². The summed E-state index contributed by atoms with van der Waals surface area (Å²) < 4.78 is 19.5. The molecule has 8 heteroatoms. The summed E-state index contributed by atoms with van der Waals surface area (Å²) in [6.07, 6.45) is 0.0933. The fraction of sp³-hybridized carbons (Fsp3) is 0.500. The first-order valence-corrected chi connectivity index (χ1v) is 7.82. The summed E-state index contributed by atoms with van der Waals surface area (Å²) in [5, 5.41) is 5.55. The quantitative estimate of drug-likeness (QED) is 0.836. The van der Waals surface area contributed by atoms with E-state index in [0.717, 1.165) is 0 Å². The molecular weight excluding hydrogens is 317 g/mol. The normalized spacial score (nSPS) is 25.8. The van der Waals surface area contributed by atoms with Crippen LogP contribution in [0, 0.1) is 10.7 Å². The van der Waals surface area contributed by atoms with Gasteiger partial charge in [-0.25, -0.2) is 9.18 Å². The van der Waals surface area contributed by atoms with Gasteiger partial charge in [0.25, 0.3) is 0 Å². The van der Waals surface area contributed by atoms with E-state index in [1.807, 2.05) is 0 Å². The van der Waals surface area contributed by atoms with Gasteiger partial charge in [0.05, 0.1) is 24.8 Å². The van der Waals surface area contributed by atoms with Crippen LogP contribution in [-0.2, 0) is 9.53 Å². The summed E-state index contributed by atoms with van der Waals surface area (Å²) in [5.74, 6) is -0.608. The first-order chi connectivity index (χ1) is 11.5. The number of carbonyl (C=O) groups excluding carboxylic acids is 2. The number of nitrogens with zero attached hydrogens (tertiary/aromatic N) is 2. The molecule has 1 N–H and O–H groups in total. The number of ether oxygens (including phenoxy) is 1. The summed E-state index contributed by atoms with van der Waals surface area (Å²) in [5.41, 5.74) is 0.956. The summed E-state index contributed by atoms with van der Waals surface area (Å²) in [6.45, 7) is 1.85. The van der Waals surface area contributed by atoms with Crippen LogP contribution < -0.4 is 10.2 Å². The second kappa shape index (κ2) is 6.54. The van der Waals surface area contributed by atoms with E-state index in [4.69, 9.17) is 4.74 Å². The van der Waals surface area contributed by atoms with Crippen LogP contribution in [0.1, 0.15) is 31.2 Å². The molecule has 0 spiro atoms. The molecule has 1 aromatic carbocycles. The second-order valence-corrected chi connectivity index (χ2v) is 6.19. The number of cyclic esters (lactones) is 1. The van der Waals surface area contributed by atoms with Gasteiger partial charge in [0.15, 0.2) is 0 Å². The Kier molecular flexibility index (Phi) is 4.46. The Bertz CT molecular complexity index is 675. The molecule has 7 nitrogen and oxygen atoms in total. The Hall–Kier alpha value is -2.51. The highest BCUT2D eigenvalue weighted by Gasteiger charge is 2.35. The summed E-state index contributed by atoms with van der Waals surface area (Å²) >= 11 is 0. The van der Waals surface area contributed by atoms with E-state index in [2.05, 4.69) is 10.5 Å². The number of hydrogen-bond acceptors (Lipinski definition) is 5. The first kappa shape index (κ1) is 16.4. The molecule has 1 aliphatic heterocycles. The molecule has 0 unspecified atom stereocenters. The zero-order valence-corrected chi connectivity index (χ0v) is 13.2. The monoisotopic (exact) mass is 335 g/mol. The van der Waals surface area contributed by atoms with Crippen molar-refractivity contribution in [2.75, 3.05) is 18.0 Å². The molecule has 1 saturated heterocycles. The van der Waals surface area contributed by atoms with Crippen LogP contribution in [-0.4, -0.2) is 37.2 Å². The first-order valence-electron chi connectivity index (χ1n) is 7.82. The third-order valence-electron chi connectivity index (χ3n) is 4.45. The minimum absolute atomic E-state index is 0.000190. The van der Waals surface area contributed by atoms with Crippen LogP contribution in [0.2, 0.25) is 0 Å². The lowest BCUT2D eigenvalue weighted by atomic mass is 9.76. The van der Waals surface area contributed by atoms with Gasteiger partial charge >= 0.3 is 6.09 Å². The number of nitrogens with one attached hydrogen (secondary N) is 1. The van der Waals surface area contributed by atoms with E-state index in [-0.39, 0.29) is 31.0 Å². The number of benzene rings is 1. The molecule has 3 rings (SSSR count). The van der Waals surface area contributed by atoms with E-state index in [1.165, 1.54) is 17.9 Å². The SMILES string of the molecule is CC(=O)NC[C@H]1CN(c2ccc(C3CC(N=O)C3)c(F)c2)C(=O)O1. The smallest absolute Gasteiger partial charge is 0.414 e. The third kappa shape index (κ3) is 3.22. The lowest BCUT2D eigenvalue weighted by molar-refractivity contribution is -0.119. The van der Waals surface area contributed by atoms with Gasteiger partial charge in [-0.2, -0.15) is 4.91 Å². The van der Waals surface area contributed by atoms with E-state index in [9.17, 15) is 18.9 Å². The summed E-state index contributed by atoms with van der Waals surface area (Å²) in [6, 6.07) is 4.39. The highest BCUT2D eigenvalue weighted by Crippen LogP contribution is 2.40. The van der Waals surface area contributed by atoms with Crippen LogP contribution in [0.5, 0.6) is 0 Å². The summed E-state index contributed by atoms with van der Waals surface area (Å²) in [4.78, 5) is 34.6. The molecule has 2 fully saturated rings. The van der Waals surface area contributed by atoms with E-state index >= 15 is 0 Å². The highest BCUT2D eigenvalue weighted by atomic mass is 19.1. The van der Waals surface area contributed by atoms with Crippen molar-refractivity contribution in [3.63, 3.8) is 0 Å². The maximum Gasteiger partial charge on any atom is 0.414 e. The molecule has 0 bridgehead atoms. The fourth-order valence-corrected chi connectivity index (χ4v) is 3.04. The zero-order chi connectivity index (χ0) is 17.3. The fourth-order valence-electron chi connectivity index (χ4n) is 3.04. The molecule has 1 saturated carbocycles. The standard InChI is InChI=1S/C16H18FN3O4/c1-9(21)18-7-13-8-20(16(22)24-13)12-2-3-14(15(17)6-12)10-4-11(5-10)19-23/h2-3,6,10-11,13H,4-5,7-8H2,1H3,(H,18,21)/t10?,11?,13-/m0/s1. The van der Waals surface area contributed by atoms with Gasteiger partial charge in [0, 0.05) is 6.92 Å². The number of hydrogen-bond donors (Lipinski definition) is 1. The van der Waals surface area contributed by atoms with Crippen molar-refractivity contribution in [2.24, 2.45) is 5.18 Å². The van der Waals surface area contributed by atoms with Crippen LogP contribution in [0.4, 0.5) is 14.9 Å². The average Bonchev–Trinajstić information content (AvgIpc) is 2.86. The Morgan fingerprint density at radius 3 is 2.83 bits per heavy atom. The molecule has 0 radical (unpaired) electrons. The molecule has 1 aliphatic carbocycles. The van der Waals surface area contributed by atoms with Crippen LogP contribution >= 0.6 is 0 Å². The van der Waals surface area contributed by atoms with Crippen LogP contribution in [0.3, 0.4) is 0 Å². The van der Waals surface area contributed by atoms with Gasteiger partial charge in [-0.05, 0) is 36.5 Å². The van der Waals surface area contributed by atoms with Gasteiger partial charge in [-0.15, -0.1) is 0 Å². The summed E-state index contributed by atoms with van der Waals surface area (Å²) in [7, 11) is 0. The largest absolute Gasteiger partial charge is 0.442 e. The highest BCUT2D eigenvalue weighted by molar-refractivity contribution is 5.89. The Morgan fingerprint density at radius 1 is 1.46 bits per heavy atom. The van der Waals surface area contributed by atoms with Gasteiger partial charge in [0.2, 0.25) is 5.91 Å². The lowest BCUT2D eigenvalue weighted by Crippen LogP contribution is -2.33. The molecule has 2 amide bonds. The molecule has 1 atom stereocenters. The third-order valence-corrected chi connectivity index (χ3v) is 4.45. The second-order valence-electron chi connectivity index (χ2n) is 6.19. The minimum atomic E-state index is -0.564. The number of rotatable bonds is 5. The molecule has 128 valence electrons. The topological polar surface area (TPSA) is 88.1 Å². The van der Waals surface area contributed by atoms with Crippen LogP contribution in [0.25, 0.3) is 0 Å². The van der Waals surface area contributed by atoms with Crippen molar-refractivity contribution in [1.82, 2.24) is 5.32 Å². The predicted molar refractivity (Wildman–Crippen MR) is 84.3 cm³/mol. The molecule has 1 heterocycles. The zero-order valence-electron chi connectivity index (χ0n) is 13.2. The van der Waals surface area contributed by atoms with Crippen LogP contribution in [0.15, 0.2) is 23.4 Å². The van der Waals surface area contributed by atoms with Gasteiger partial charge in [-0.3, -0.25) is 9.69 Å². The molecular formula is C16H18FN3O4. The molecule has 1 aromatic rings. The van der Waals surface area contributed by atoms with Crippen molar-refractivity contribution in [2.45, 2.75) is 37.8 Å². The number of anilines is 1. The molecule has 24 heavy (non-hydrogen) atoms. The van der Waals surface area contributed by atoms with Crippen molar-refractivity contribution >= 4 is 17.7 Å². The number of amides is 2. The number of carbonyl (C=O) groups is 2. The maximum atomic E-state index is 14.3. The van der Waals surface area contributed by atoms with Gasteiger partial charge < -0.3 is 10.1 Å². The van der Waals surface area contributed by atoms with Gasteiger partial charge in [-0.1, -0.05) is 11.2 Å². The minimum Gasteiger partial charge on any atom is -0.442 e. The predicted octanol–water partition coefficient (Wildman–Crippen LogP) is 2.30. The Labute approximate surface area is 138 Å². The maximum absolute atomic E-state index is 14.3.